The van der Waals surface area contributed by atoms with Crippen LogP contribution in [0, 0.1) is 0 Å². The molecule has 2 heterocycles. The van der Waals surface area contributed by atoms with E-state index in [1.54, 1.807) is 12.1 Å². The summed E-state index contributed by atoms with van der Waals surface area (Å²) in [5.41, 5.74) is 2.33. The topological polar surface area (TPSA) is 40.6 Å². The molecule has 4 heteroatoms. The average Bonchev–Trinajstić information content (AvgIpc) is 3.21. The summed E-state index contributed by atoms with van der Waals surface area (Å²) in [7, 11) is 0. The fourth-order valence-electron chi connectivity index (χ4n) is 3.57. The molecule has 0 bridgehead atoms. The van der Waals surface area contributed by atoms with Crippen LogP contribution < -0.4 is 9.80 Å². The molecular weight excluding hydrogens is 300 g/mol. The van der Waals surface area contributed by atoms with Gasteiger partial charge in [-0.3, -0.25) is 9.59 Å². The van der Waals surface area contributed by atoms with Crippen molar-refractivity contribution in [3.63, 3.8) is 0 Å². The van der Waals surface area contributed by atoms with Gasteiger partial charge in [-0.05, 0) is 37.1 Å². The summed E-state index contributed by atoms with van der Waals surface area (Å²) in [5, 5.41) is 0. The van der Waals surface area contributed by atoms with Gasteiger partial charge in [0, 0.05) is 23.9 Å². The average molecular weight is 318 g/mol. The van der Waals surface area contributed by atoms with Crippen LogP contribution in [0.4, 0.5) is 11.4 Å². The minimum absolute atomic E-state index is 0.0300. The molecule has 2 aliphatic heterocycles. The lowest BCUT2D eigenvalue weighted by atomic mass is 10.0. The first-order chi connectivity index (χ1) is 11.8. The maximum Gasteiger partial charge on any atom is 0.263 e. The molecule has 120 valence electrons. The number of nitrogens with zero attached hydrogens (tertiary/aromatic N) is 2. The Bertz CT molecular complexity index is 799. The fourth-order valence-corrected chi connectivity index (χ4v) is 3.57. The number of carbonyl (C=O) groups excluding carboxylic acids is 2. The van der Waals surface area contributed by atoms with E-state index in [1.165, 1.54) is 11.0 Å². The zero-order valence-electron chi connectivity index (χ0n) is 13.3. The van der Waals surface area contributed by atoms with Gasteiger partial charge >= 0.3 is 0 Å². The second-order valence-electron chi connectivity index (χ2n) is 6.10. The van der Waals surface area contributed by atoms with Gasteiger partial charge in [0.25, 0.3) is 11.8 Å². The second-order valence-corrected chi connectivity index (χ2v) is 6.10. The normalized spacial score (nSPS) is 20.7. The first-order valence-electron chi connectivity index (χ1n) is 8.22. The Hall–Kier alpha value is -2.88. The summed E-state index contributed by atoms with van der Waals surface area (Å²) in [6, 6.07) is 19.2. The Kier molecular flexibility index (Phi) is 3.65. The van der Waals surface area contributed by atoms with Gasteiger partial charge in [-0.2, -0.15) is 0 Å². The van der Waals surface area contributed by atoms with Gasteiger partial charge in [0.2, 0.25) is 0 Å². The maximum atomic E-state index is 12.9. The molecule has 4 nitrogen and oxygen atoms in total. The van der Waals surface area contributed by atoms with E-state index < -0.39 is 0 Å². The Morgan fingerprint density at radius 3 is 2.12 bits per heavy atom. The minimum Gasteiger partial charge on any atom is -0.364 e. The number of para-hydroxylation sites is 2. The molecule has 24 heavy (non-hydrogen) atoms. The van der Waals surface area contributed by atoms with Crippen molar-refractivity contribution in [2.75, 3.05) is 16.3 Å². The molecule has 0 spiro atoms. The number of carbonyl (C=O) groups is 2. The summed E-state index contributed by atoms with van der Waals surface area (Å²) >= 11 is 0. The first kappa shape index (κ1) is 14.7. The van der Waals surface area contributed by atoms with E-state index in [1.807, 2.05) is 36.4 Å². The number of imide groups is 1. The first-order valence-corrected chi connectivity index (χ1v) is 8.22. The smallest absolute Gasteiger partial charge is 0.263 e. The molecular formula is C20H18N2O2. The van der Waals surface area contributed by atoms with Gasteiger partial charge in [0.15, 0.2) is 0 Å². The third-order valence-electron chi connectivity index (χ3n) is 4.66. The molecule has 2 amide bonds. The maximum absolute atomic E-state index is 12.9. The summed E-state index contributed by atoms with van der Waals surface area (Å²) < 4.78 is 0. The molecule has 0 N–H and O–H groups in total. The van der Waals surface area contributed by atoms with Crippen molar-refractivity contribution in [3.8, 4) is 0 Å². The summed E-state index contributed by atoms with van der Waals surface area (Å²) in [6.45, 7) is 0.902. The van der Waals surface area contributed by atoms with E-state index in [4.69, 9.17) is 0 Å². The number of amides is 2. The Balaban J connectivity index is 1.64. The predicted octanol–water partition coefficient (Wildman–Crippen LogP) is 3.16. The molecule has 2 aromatic carbocycles. The van der Waals surface area contributed by atoms with Gasteiger partial charge in [0.05, 0.1) is 11.7 Å². The molecule has 0 radical (unpaired) electrons. The zero-order chi connectivity index (χ0) is 16.5. The van der Waals surface area contributed by atoms with Crippen LogP contribution in [0.3, 0.4) is 0 Å². The van der Waals surface area contributed by atoms with Crippen molar-refractivity contribution in [1.82, 2.24) is 0 Å². The summed E-state index contributed by atoms with van der Waals surface area (Å²) in [5.74, 6) is -0.444. The summed E-state index contributed by atoms with van der Waals surface area (Å²) in [6.07, 6.45) is 3.42. The molecule has 1 atom stereocenters. The zero-order valence-corrected chi connectivity index (χ0v) is 13.3. The van der Waals surface area contributed by atoms with Crippen molar-refractivity contribution in [2.45, 2.75) is 18.9 Å². The van der Waals surface area contributed by atoms with E-state index >= 15 is 0 Å². The van der Waals surface area contributed by atoms with Crippen LogP contribution >= 0.6 is 0 Å². The van der Waals surface area contributed by atoms with Gasteiger partial charge < -0.3 is 4.90 Å². The highest BCUT2D eigenvalue weighted by molar-refractivity contribution is 6.31. The van der Waals surface area contributed by atoms with Gasteiger partial charge in [-0.15, -0.1) is 0 Å². The van der Waals surface area contributed by atoms with Crippen LogP contribution in [-0.2, 0) is 9.59 Å². The number of anilines is 2. The van der Waals surface area contributed by atoms with Crippen LogP contribution in [0.2, 0.25) is 0 Å². The molecule has 0 aromatic heterocycles. The molecule has 1 fully saturated rings. The fraction of sp³-hybridized carbons (Fsp3) is 0.200. The predicted molar refractivity (Wildman–Crippen MR) is 93.8 cm³/mol. The lowest BCUT2D eigenvalue weighted by Gasteiger charge is -2.27. The molecule has 4 rings (SSSR count). The van der Waals surface area contributed by atoms with Crippen LogP contribution in [0.15, 0.2) is 72.3 Å². The molecule has 1 saturated heterocycles. The van der Waals surface area contributed by atoms with E-state index in [9.17, 15) is 9.59 Å². The van der Waals surface area contributed by atoms with E-state index in [0.717, 1.165) is 25.1 Å². The third kappa shape index (κ3) is 2.40. The Morgan fingerprint density at radius 1 is 0.833 bits per heavy atom. The van der Waals surface area contributed by atoms with Crippen molar-refractivity contribution in [1.29, 1.82) is 0 Å². The highest BCUT2D eigenvalue weighted by atomic mass is 16.2. The van der Waals surface area contributed by atoms with Crippen molar-refractivity contribution < 1.29 is 9.59 Å². The molecule has 2 aliphatic rings. The quantitative estimate of drug-likeness (QED) is 0.816. The largest absolute Gasteiger partial charge is 0.364 e. The number of hydrogen-bond acceptors (Lipinski definition) is 3. The van der Waals surface area contributed by atoms with Gasteiger partial charge in [-0.1, -0.05) is 36.4 Å². The Labute approximate surface area is 141 Å². The van der Waals surface area contributed by atoms with E-state index in [2.05, 4.69) is 17.0 Å². The molecule has 0 aliphatic carbocycles. The third-order valence-corrected chi connectivity index (χ3v) is 4.66. The highest BCUT2D eigenvalue weighted by Gasteiger charge is 2.40. The van der Waals surface area contributed by atoms with Gasteiger partial charge in [0.1, 0.15) is 0 Å². The second kappa shape index (κ2) is 5.96. The monoisotopic (exact) mass is 318 g/mol. The van der Waals surface area contributed by atoms with Crippen molar-refractivity contribution >= 4 is 23.2 Å². The lowest BCUT2D eigenvalue weighted by molar-refractivity contribution is -0.120. The molecule has 0 saturated carbocycles. The SMILES string of the molecule is O=C1C=C(C2CCCN2c2ccccc2)C(=O)N1c1ccccc1. The Morgan fingerprint density at radius 2 is 1.46 bits per heavy atom. The number of hydrogen-bond donors (Lipinski definition) is 0. The van der Waals surface area contributed by atoms with Crippen LogP contribution in [0.1, 0.15) is 12.8 Å². The van der Waals surface area contributed by atoms with Crippen molar-refractivity contribution in [2.24, 2.45) is 0 Å². The van der Waals surface area contributed by atoms with Gasteiger partial charge in [-0.25, -0.2) is 4.90 Å². The van der Waals surface area contributed by atoms with Crippen LogP contribution in [0.25, 0.3) is 0 Å². The minimum atomic E-state index is -0.249. The van der Waals surface area contributed by atoms with Crippen LogP contribution in [0.5, 0.6) is 0 Å². The van der Waals surface area contributed by atoms with Crippen LogP contribution in [-0.4, -0.2) is 24.4 Å². The lowest BCUT2D eigenvalue weighted by Crippen LogP contribution is -2.37. The number of benzene rings is 2. The number of rotatable bonds is 3. The summed E-state index contributed by atoms with van der Waals surface area (Å²) in [4.78, 5) is 28.8. The molecule has 2 aromatic rings. The van der Waals surface area contributed by atoms with E-state index in [-0.39, 0.29) is 17.9 Å². The highest BCUT2D eigenvalue weighted by Crippen LogP contribution is 2.33. The standard InChI is InChI=1S/C20H18N2O2/c23-19-14-17(20(24)22(19)16-10-5-2-6-11-16)18-12-7-13-21(18)15-8-3-1-4-9-15/h1-6,8-11,14,18H,7,12-13H2. The van der Waals surface area contributed by atoms with Crippen molar-refractivity contribution in [3.05, 3.63) is 72.3 Å². The molecule has 1 unspecified atom stereocenters. The van der Waals surface area contributed by atoms with E-state index in [0.29, 0.717) is 11.3 Å².